The van der Waals surface area contributed by atoms with Gasteiger partial charge in [-0.15, -0.1) is 0 Å². The molecule has 56 heavy (non-hydrogen) atoms. The molecule has 0 unspecified atom stereocenters. The van der Waals surface area contributed by atoms with Gasteiger partial charge in [0, 0.05) is 16.7 Å². The molecular weight excluding hydrogens is 675 g/mol. The molecule has 0 saturated heterocycles. The van der Waals surface area contributed by atoms with Crippen molar-refractivity contribution in [3.63, 3.8) is 0 Å². The van der Waals surface area contributed by atoms with E-state index in [2.05, 4.69) is 231 Å². The highest BCUT2D eigenvalue weighted by Gasteiger charge is 2.39. The Morgan fingerprint density at radius 2 is 0.839 bits per heavy atom. The summed E-state index contributed by atoms with van der Waals surface area (Å²) in [5.74, 6) is 0. The summed E-state index contributed by atoms with van der Waals surface area (Å²) in [6.45, 7) is 4.80. The van der Waals surface area contributed by atoms with Crippen molar-refractivity contribution in [2.24, 2.45) is 0 Å². The van der Waals surface area contributed by atoms with Crippen LogP contribution in [0.1, 0.15) is 25.0 Å². The molecule has 1 aliphatic rings. The van der Waals surface area contributed by atoms with E-state index in [9.17, 15) is 0 Å². The van der Waals surface area contributed by atoms with Crippen molar-refractivity contribution in [3.05, 3.63) is 223 Å². The van der Waals surface area contributed by atoms with Gasteiger partial charge in [-0.2, -0.15) is 0 Å². The third kappa shape index (κ3) is 5.63. The summed E-state index contributed by atoms with van der Waals surface area (Å²) in [5.41, 5.74) is 18.2. The van der Waals surface area contributed by atoms with Crippen molar-refractivity contribution >= 4 is 27.8 Å². The molecule has 0 aliphatic heterocycles. The van der Waals surface area contributed by atoms with Gasteiger partial charge in [-0.05, 0) is 114 Å². The molecule has 0 heterocycles. The standard InChI is InChI=1S/C55H41N/c1-55(2)51-37-41-34-33-40(38-19-6-3-7-20-38)35-42(41)36-50(51)49-30-18-32-53(54(49)55)56(43-23-10-5-11-24-43)52-31-17-16-29-48(52)47-28-15-14-27-46(47)45-26-13-12-25-44(45)39-21-8-4-9-22-39/h3-37H,1-2H3. The van der Waals surface area contributed by atoms with Crippen LogP contribution in [-0.2, 0) is 5.41 Å². The van der Waals surface area contributed by atoms with E-state index in [4.69, 9.17) is 0 Å². The quantitative estimate of drug-likeness (QED) is 0.159. The number of nitrogens with zero attached hydrogens (tertiary/aromatic N) is 1. The number of anilines is 3. The maximum atomic E-state index is 2.49. The summed E-state index contributed by atoms with van der Waals surface area (Å²) in [6.07, 6.45) is 0. The second-order valence-corrected chi connectivity index (χ2v) is 15.3. The van der Waals surface area contributed by atoms with Gasteiger partial charge in [0.25, 0.3) is 0 Å². The Balaban J connectivity index is 1.17. The van der Waals surface area contributed by atoms with Gasteiger partial charge in [-0.3, -0.25) is 0 Å². The zero-order valence-electron chi connectivity index (χ0n) is 31.7. The third-order valence-electron chi connectivity index (χ3n) is 11.6. The molecule has 0 bridgehead atoms. The van der Waals surface area contributed by atoms with Gasteiger partial charge >= 0.3 is 0 Å². The monoisotopic (exact) mass is 715 g/mol. The van der Waals surface area contributed by atoms with Crippen LogP contribution in [0.4, 0.5) is 17.1 Å². The molecule has 1 aliphatic carbocycles. The molecule has 0 fully saturated rings. The molecule has 9 aromatic rings. The lowest BCUT2D eigenvalue weighted by Crippen LogP contribution is -2.21. The van der Waals surface area contributed by atoms with Crippen LogP contribution in [-0.4, -0.2) is 0 Å². The zero-order chi connectivity index (χ0) is 37.6. The zero-order valence-corrected chi connectivity index (χ0v) is 31.7. The lowest BCUT2D eigenvalue weighted by atomic mass is 9.80. The minimum absolute atomic E-state index is 0.248. The average Bonchev–Trinajstić information content (AvgIpc) is 3.49. The fraction of sp³-hybridized carbons (Fsp3) is 0.0545. The van der Waals surface area contributed by atoms with Gasteiger partial charge in [0.1, 0.15) is 0 Å². The number of fused-ring (bicyclic) bond motifs is 4. The number of benzene rings is 9. The third-order valence-corrected chi connectivity index (χ3v) is 11.6. The number of para-hydroxylation sites is 2. The van der Waals surface area contributed by atoms with Crippen LogP contribution in [0.15, 0.2) is 212 Å². The van der Waals surface area contributed by atoms with Gasteiger partial charge in [-0.25, -0.2) is 0 Å². The van der Waals surface area contributed by atoms with Gasteiger partial charge < -0.3 is 4.90 Å². The smallest absolute Gasteiger partial charge is 0.0540 e. The van der Waals surface area contributed by atoms with Crippen molar-refractivity contribution in [2.75, 3.05) is 4.90 Å². The topological polar surface area (TPSA) is 3.24 Å². The number of rotatable bonds is 7. The Kier molecular flexibility index (Phi) is 8.23. The molecule has 0 saturated carbocycles. The minimum atomic E-state index is -0.248. The van der Waals surface area contributed by atoms with Crippen molar-refractivity contribution in [3.8, 4) is 55.6 Å². The first-order chi connectivity index (χ1) is 27.6. The largest absolute Gasteiger partial charge is 0.310 e. The Morgan fingerprint density at radius 3 is 1.54 bits per heavy atom. The lowest BCUT2D eigenvalue weighted by Gasteiger charge is -2.33. The molecule has 0 amide bonds. The van der Waals surface area contributed by atoms with E-state index in [1.807, 2.05) is 0 Å². The molecule has 0 atom stereocenters. The fourth-order valence-corrected chi connectivity index (χ4v) is 9.01. The van der Waals surface area contributed by atoms with E-state index in [1.165, 1.54) is 83.2 Å². The summed E-state index contributed by atoms with van der Waals surface area (Å²) in [7, 11) is 0. The summed E-state index contributed by atoms with van der Waals surface area (Å²) in [6, 6.07) is 77.5. The average molecular weight is 716 g/mol. The van der Waals surface area contributed by atoms with Crippen molar-refractivity contribution in [1.29, 1.82) is 0 Å². The van der Waals surface area contributed by atoms with E-state index in [1.54, 1.807) is 0 Å². The Hall–Kier alpha value is -6.96. The molecule has 0 aromatic heterocycles. The molecule has 266 valence electrons. The van der Waals surface area contributed by atoms with E-state index < -0.39 is 0 Å². The molecule has 0 N–H and O–H groups in total. The number of hydrogen-bond donors (Lipinski definition) is 0. The predicted octanol–water partition coefficient (Wildman–Crippen LogP) is 15.3. The van der Waals surface area contributed by atoms with Crippen LogP contribution < -0.4 is 4.90 Å². The van der Waals surface area contributed by atoms with Crippen LogP contribution in [0.5, 0.6) is 0 Å². The highest BCUT2D eigenvalue weighted by Crippen LogP contribution is 2.56. The molecule has 1 nitrogen and oxygen atoms in total. The van der Waals surface area contributed by atoms with Gasteiger partial charge in [0.05, 0.1) is 11.4 Å². The molecular formula is C55H41N. The SMILES string of the molecule is CC1(C)c2cc3ccc(-c4ccccc4)cc3cc2-c2cccc(N(c3ccccc3)c3ccccc3-c3ccccc3-c3ccccc3-c3ccccc3)c21. The fourth-order valence-electron chi connectivity index (χ4n) is 9.01. The summed E-state index contributed by atoms with van der Waals surface area (Å²) >= 11 is 0. The first-order valence-electron chi connectivity index (χ1n) is 19.5. The molecule has 1 heteroatoms. The lowest BCUT2D eigenvalue weighted by molar-refractivity contribution is 0.661. The van der Waals surface area contributed by atoms with E-state index in [0.29, 0.717) is 0 Å². The van der Waals surface area contributed by atoms with E-state index in [0.717, 1.165) is 11.4 Å². The normalized spacial score (nSPS) is 12.6. The molecule has 10 rings (SSSR count). The Bertz CT molecular complexity index is 2870. The van der Waals surface area contributed by atoms with Crippen LogP contribution >= 0.6 is 0 Å². The summed E-state index contributed by atoms with van der Waals surface area (Å²) in [4.78, 5) is 2.49. The van der Waals surface area contributed by atoms with Crippen molar-refractivity contribution in [2.45, 2.75) is 19.3 Å². The Labute approximate surface area is 329 Å². The number of hydrogen-bond acceptors (Lipinski definition) is 1. The molecule has 0 spiro atoms. The summed E-state index contributed by atoms with van der Waals surface area (Å²) < 4.78 is 0. The molecule has 9 aromatic carbocycles. The van der Waals surface area contributed by atoms with Crippen LogP contribution in [0.25, 0.3) is 66.4 Å². The first-order valence-corrected chi connectivity index (χ1v) is 19.5. The van der Waals surface area contributed by atoms with Gasteiger partial charge in [-0.1, -0.05) is 184 Å². The highest BCUT2D eigenvalue weighted by atomic mass is 15.1. The highest BCUT2D eigenvalue weighted by molar-refractivity contribution is 6.01. The van der Waals surface area contributed by atoms with E-state index in [-0.39, 0.29) is 5.41 Å². The Morgan fingerprint density at radius 1 is 0.321 bits per heavy atom. The summed E-state index contributed by atoms with van der Waals surface area (Å²) in [5, 5.41) is 2.53. The first kappa shape index (κ1) is 33.6. The molecule has 0 radical (unpaired) electrons. The maximum absolute atomic E-state index is 2.49. The van der Waals surface area contributed by atoms with Crippen molar-refractivity contribution < 1.29 is 0 Å². The van der Waals surface area contributed by atoms with Crippen LogP contribution in [0, 0.1) is 0 Å². The van der Waals surface area contributed by atoms with E-state index >= 15 is 0 Å². The van der Waals surface area contributed by atoms with Crippen LogP contribution in [0.2, 0.25) is 0 Å². The predicted molar refractivity (Wildman–Crippen MR) is 238 cm³/mol. The minimum Gasteiger partial charge on any atom is -0.310 e. The van der Waals surface area contributed by atoms with Crippen LogP contribution in [0.3, 0.4) is 0 Å². The second kappa shape index (κ2) is 13.7. The van der Waals surface area contributed by atoms with Gasteiger partial charge in [0.15, 0.2) is 0 Å². The maximum Gasteiger partial charge on any atom is 0.0540 e. The van der Waals surface area contributed by atoms with Gasteiger partial charge in [0.2, 0.25) is 0 Å². The van der Waals surface area contributed by atoms with Crippen molar-refractivity contribution in [1.82, 2.24) is 0 Å². The second-order valence-electron chi connectivity index (χ2n) is 15.3.